The van der Waals surface area contributed by atoms with E-state index >= 15 is 0 Å². The van der Waals surface area contributed by atoms with E-state index in [-0.39, 0.29) is 5.91 Å². The first-order chi connectivity index (χ1) is 6.47. The largest absolute Gasteiger partial charge is 0.326 e. The van der Waals surface area contributed by atoms with Crippen LogP contribution in [0.1, 0.15) is 20.3 Å². The third-order valence-corrected chi connectivity index (χ3v) is 1.58. The van der Waals surface area contributed by atoms with Crippen molar-refractivity contribution in [1.29, 1.82) is 0 Å². The van der Waals surface area contributed by atoms with E-state index < -0.39 is 5.54 Å². The van der Waals surface area contributed by atoms with Gasteiger partial charge in [-0.3, -0.25) is 9.78 Å². The van der Waals surface area contributed by atoms with Crippen LogP contribution in [-0.4, -0.2) is 16.4 Å². The molecule has 14 heavy (non-hydrogen) atoms. The van der Waals surface area contributed by atoms with Crippen molar-refractivity contribution in [1.82, 2.24) is 4.98 Å². The van der Waals surface area contributed by atoms with E-state index in [1.165, 1.54) is 0 Å². The molecule has 0 aliphatic rings. The molecule has 0 spiro atoms. The molecule has 3 N–H and O–H groups in total. The monoisotopic (exact) mass is 193 g/mol. The predicted octanol–water partition coefficient (Wildman–Crippen LogP) is 1.15. The Labute approximate surface area is 83.5 Å². The van der Waals surface area contributed by atoms with Gasteiger partial charge in [-0.15, -0.1) is 0 Å². The molecule has 4 nitrogen and oxygen atoms in total. The number of hydrogen-bond donors (Lipinski definition) is 2. The molecule has 1 amide bonds. The fourth-order valence-electron chi connectivity index (χ4n) is 1.05. The van der Waals surface area contributed by atoms with Crippen molar-refractivity contribution in [2.45, 2.75) is 25.8 Å². The van der Waals surface area contributed by atoms with Crippen LogP contribution in [0.5, 0.6) is 0 Å². The van der Waals surface area contributed by atoms with Crippen LogP contribution in [0.15, 0.2) is 24.5 Å². The van der Waals surface area contributed by atoms with Crippen LogP contribution in [0.25, 0.3) is 0 Å². The minimum Gasteiger partial charge on any atom is -0.326 e. The van der Waals surface area contributed by atoms with Crippen LogP contribution in [-0.2, 0) is 4.79 Å². The van der Waals surface area contributed by atoms with Gasteiger partial charge in [-0.2, -0.15) is 0 Å². The number of nitrogens with one attached hydrogen (secondary N) is 1. The van der Waals surface area contributed by atoms with E-state index in [1.54, 1.807) is 24.5 Å². The Morgan fingerprint density at radius 3 is 2.57 bits per heavy atom. The first kappa shape index (κ1) is 10.7. The number of nitrogens with zero attached hydrogens (tertiary/aromatic N) is 1. The number of rotatable bonds is 3. The molecule has 76 valence electrons. The van der Waals surface area contributed by atoms with Crippen LogP contribution >= 0.6 is 0 Å². The van der Waals surface area contributed by atoms with Gasteiger partial charge in [0.05, 0.1) is 0 Å². The van der Waals surface area contributed by atoms with Gasteiger partial charge in [0.2, 0.25) is 5.91 Å². The molecule has 0 saturated carbocycles. The molecule has 0 aromatic carbocycles. The molecule has 4 heteroatoms. The SMILES string of the molecule is CC(C)(N)CC(=O)Nc1ccncc1. The summed E-state index contributed by atoms with van der Waals surface area (Å²) in [6.07, 6.45) is 3.56. The van der Waals surface area contributed by atoms with E-state index in [2.05, 4.69) is 10.3 Å². The fraction of sp³-hybridized carbons (Fsp3) is 0.400. The molecule has 0 bridgehead atoms. The highest BCUT2D eigenvalue weighted by atomic mass is 16.1. The normalized spacial score (nSPS) is 11.1. The number of pyridine rings is 1. The molecule has 1 aromatic rings. The second-order valence-electron chi connectivity index (χ2n) is 3.95. The van der Waals surface area contributed by atoms with Gasteiger partial charge in [-0.05, 0) is 26.0 Å². The van der Waals surface area contributed by atoms with Crippen LogP contribution in [0.3, 0.4) is 0 Å². The summed E-state index contributed by atoms with van der Waals surface area (Å²) in [5.74, 6) is -0.0799. The van der Waals surface area contributed by atoms with Crippen LogP contribution in [0.4, 0.5) is 5.69 Å². The lowest BCUT2D eigenvalue weighted by Gasteiger charge is -2.17. The first-order valence-electron chi connectivity index (χ1n) is 4.46. The van der Waals surface area contributed by atoms with Crippen molar-refractivity contribution in [2.24, 2.45) is 5.73 Å². The number of nitrogens with two attached hydrogens (primary N) is 1. The highest BCUT2D eigenvalue weighted by Gasteiger charge is 2.15. The molecule has 0 saturated heterocycles. The lowest BCUT2D eigenvalue weighted by atomic mass is 10.0. The van der Waals surface area contributed by atoms with Gasteiger partial charge in [0.25, 0.3) is 0 Å². The molecule has 1 rings (SSSR count). The minimum atomic E-state index is -0.475. The quantitative estimate of drug-likeness (QED) is 0.756. The third kappa shape index (κ3) is 4.00. The molecule has 0 aliphatic carbocycles. The average molecular weight is 193 g/mol. The summed E-state index contributed by atoms with van der Waals surface area (Å²) in [6.45, 7) is 3.64. The summed E-state index contributed by atoms with van der Waals surface area (Å²) in [6, 6.07) is 3.48. The Morgan fingerprint density at radius 1 is 1.50 bits per heavy atom. The fourth-order valence-corrected chi connectivity index (χ4v) is 1.05. The van der Waals surface area contributed by atoms with E-state index in [0.717, 1.165) is 5.69 Å². The Bertz CT molecular complexity index is 303. The van der Waals surface area contributed by atoms with Gasteiger partial charge in [0.1, 0.15) is 0 Å². The summed E-state index contributed by atoms with van der Waals surface area (Å²) in [5, 5.41) is 2.74. The summed E-state index contributed by atoms with van der Waals surface area (Å²) in [5.41, 5.74) is 5.99. The molecule has 0 atom stereocenters. The Kier molecular flexibility index (Phi) is 3.19. The highest BCUT2D eigenvalue weighted by Crippen LogP contribution is 2.08. The van der Waals surface area contributed by atoms with Gasteiger partial charge in [-0.25, -0.2) is 0 Å². The summed E-state index contributed by atoms with van der Waals surface area (Å²) >= 11 is 0. The van der Waals surface area contributed by atoms with Crippen molar-refractivity contribution in [3.63, 3.8) is 0 Å². The number of carbonyl (C=O) groups is 1. The highest BCUT2D eigenvalue weighted by molar-refractivity contribution is 5.91. The first-order valence-corrected chi connectivity index (χ1v) is 4.46. The maximum absolute atomic E-state index is 11.4. The number of carbonyl (C=O) groups excluding carboxylic acids is 1. The topological polar surface area (TPSA) is 68.0 Å². The van der Waals surface area contributed by atoms with Gasteiger partial charge in [0, 0.05) is 30.0 Å². The predicted molar refractivity (Wildman–Crippen MR) is 55.8 cm³/mol. The second kappa shape index (κ2) is 4.19. The molecule has 0 unspecified atom stereocenters. The van der Waals surface area contributed by atoms with Crippen LogP contribution in [0, 0.1) is 0 Å². The zero-order valence-electron chi connectivity index (χ0n) is 8.45. The van der Waals surface area contributed by atoms with Crippen LogP contribution in [0.2, 0.25) is 0 Å². The smallest absolute Gasteiger partial charge is 0.226 e. The average Bonchev–Trinajstić information content (AvgIpc) is 2.02. The van der Waals surface area contributed by atoms with Gasteiger partial charge >= 0.3 is 0 Å². The maximum Gasteiger partial charge on any atom is 0.226 e. The van der Waals surface area contributed by atoms with Gasteiger partial charge in [0.15, 0.2) is 0 Å². The number of amides is 1. The second-order valence-corrected chi connectivity index (χ2v) is 3.95. The number of anilines is 1. The Hall–Kier alpha value is -1.42. The number of hydrogen-bond acceptors (Lipinski definition) is 3. The van der Waals surface area contributed by atoms with Gasteiger partial charge < -0.3 is 11.1 Å². The molecule has 1 heterocycles. The summed E-state index contributed by atoms with van der Waals surface area (Å²) in [4.78, 5) is 15.3. The van der Waals surface area contributed by atoms with Crippen molar-refractivity contribution < 1.29 is 4.79 Å². The molecular formula is C10H15N3O. The van der Waals surface area contributed by atoms with E-state index in [0.29, 0.717) is 6.42 Å². The standard InChI is InChI=1S/C10H15N3O/c1-10(2,11)7-9(14)13-8-3-5-12-6-4-8/h3-6H,7,11H2,1-2H3,(H,12,13,14). The molecule has 1 aromatic heterocycles. The van der Waals surface area contributed by atoms with E-state index in [9.17, 15) is 4.79 Å². The zero-order chi connectivity index (χ0) is 10.6. The Balaban J connectivity index is 2.50. The van der Waals surface area contributed by atoms with Crippen molar-refractivity contribution in [2.75, 3.05) is 5.32 Å². The lowest BCUT2D eigenvalue weighted by Crippen LogP contribution is -2.36. The van der Waals surface area contributed by atoms with E-state index in [4.69, 9.17) is 5.73 Å². The van der Waals surface area contributed by atoms with Gasteiger partial charge in [-0.1, -0.05) is 0 Å². The molecular weight excluding hydrogens is 178 g/mol. The summed E-state index contributed by atoms with van der Waals surface area (Å²) in [7, 11) is 0. The lowest BCUT2D eigenvalue weighted by molar-refractivity contribution is -0.117. The van der Waals surface area contributed by atoms with Crippen LogP contribution < -0.4 is 11.1 Å². The Morgan fingerprint density at radius 2 is 2.07 bits per heavy atom. The molecule has 0 aliphatic heterocycles. The molecule has 0 radical (unpaired) electrons. The number of aromatic nitrogens is 1. The minimum absolute atomic E-state index is 0.0799. The van der Waals surface area contributed by atoms with E-state index in [1.807, 2.05) is 13.8 Å². The van der Waals surface area contributed by atoms with Crippen molar-refractivity contribution >= 4 is 11.6 Å². The zero-order valence-corrected chi connectivity index (χ0v) is 8.45. The third-order valence-electron chi connectivity index (χ3n) is 1.58. The van der Waals surface area contributed by atoms with Crippen molar-refractivity contribution in [3.8, 4) is 0 Å². The maximum atomic E-state index is 11.4. The summed E-state index contributed by atoms with van der Waals surface area (Å²) < 4.78 is 0. The van der Waals surface area contributed by atoms with Crippen molar-refractivity contribution in [3.05, 3.63) is 24.5 Å². The molecule has 0 fully saturated rings.